The van der Waals surface area contributed by atoms with Crippen LogP contribution >= 0.6 is 0 Å². The number of H-pyrrole nitrogens is 2. The summed E-state index contributed by atoms with van der Waals surface area (Å²) in [6.07, 6.45) is 4.17. The Morgan fingerprint density at radius 2 is 1.09 bits per heavy atom. The van der Waals surface area contributed by atoms with Crippen molar-refractivity contribution in [3.63, 3.8) is 0 Å². The minimum atomic E-state index is -0.378. The van der Waals surface area contributed by atoms with Crippen LogP contribution in [0.2, 0.25) is 0 Å². The van der Waals surface area contributed by atoms with Crippen molar-refractivity contribution in [3.8, 4) is 33.4 Å². The highest BCUT2D eigenvalue weighted by Gasteiger charge is 2.21. The molecule has 3 aromatic heterocycles. The van der Waals surface area contributed by atoms with Crippen LogP contribution in [0.3, 0.4) is 0 Å². The maximum atomic E-state index is 11.3. The summed E-state index contributed by atoms with van der Waals surface area (Å²) in [5.41, 5.74) is 13.6. The molecule has 0 aliphatic carbocycles. The second-order valence-corrected chi connectivity index (χ2v) is 11.2. The third kappa shape index (κ3) is 4.91. The number of fused-ring (bicyclic) bond motifs is 6. The number of aromatic nitrogens is 3. The molecule has 0 fully saturated rings. The molecule has 0 amide bonds. The van der Waals surface area contributed by atoms with Gasteiger partial charge in [0.1, 0.15) is 11.2 Å². The Bertz CT molecular complexity index is 2340. The molecule has 7 heteroatoms. The van der Waals surface area contributed by atoms with Crippen molar-refractivity contribution >= 4 is 51.3 Å². The van der Waals surface area contributed by atoms with E-state index in [1.807, 2.05) is 42.5 Å². The summed E-state index contributed by atoms with van der Waals surface area (Å²) in [5.74, 6) is 0. The number of nitrogens with two attached hydrogens (primary N) is 1. The highest BCUT2D eigenvalue weighted by Crippen LogP contribution is 2.39. The lowest BCUT2D eigenvalue weighted by molar-refractivity contribution is -0.477. The maximum absolute atomic E-state index is 11.3. The Hall–Kier alpha value is -6.31. The predicted octanol–water partition coefficient (Wildman–Crippen LogP) is 9.09. The largest absolute Gasteiger partial charge is 0.354 e. The fraction of sp³-hybridized carbons (Fsp3) is 0. The summed E-state index contributed by atoms with van der Waals surface area (Å²) in [4.78, 5) is 23.8. The fourth-order valence-corrected chi connectivity index (χ4v) is 6.26. The number of nitrogens with zero attached hydrogens (tertiary/aromatic N) is 2. The standard InChI is InChI=1S/C39H27N5O2/c45-44(46)29-18-16-28(17-19-29)40-35-24-34-37(26-12-6-2-7-13-26)32-21-20-30(41-32)36(25-10-4-1-5-11-25)31-22-23-33(42-31)38(39(35)43-34)27-14-8-3-9-15-27/h1-24,40-41,43H/p+1. The first-order valence-corrected chi connectivity index (χ1v) is 15.1. The van der Waals surface area contributed by atoms with E-state index >= 15 is 0 Å². The van der Waals surface area contributed by atoms with Crippen molar-refractivity contribution in [3.05, 3.63) is 155 Å². The lowest BCUT2D eigenvalue weighted by Gasteiger charge is -2.07. The molecule has 220 valence electrons. The Morgan fingerprint density at radius 1 is 0.565 bits per heavy atom. The molecule has 0 atom stereocenters. The van der Waals surface area contributed by atoms with E-state index in [1.54, 1.807) is 12.1 Å². The second kappa shape index (κ2) is 11.3. The zero-order valence-corrected chi connectivity index (χ0v) is 24.6. The lowest BCUT2D eigenvalue weighted by atomic mass is 10.0. The van der Waals surface area contributed by atoms with Crippen LogP contribution in [-0.2, 0) is 0 Å². The Kier molecular flexibility index (Phi) is 6.70. The van der Waals surface area contributed by atoms with E-state index in [-0.39, 0.29) is 10.6 Å². The molecule has 7 nitrogen and oxygen atoms in total. The highest BCUT2D eigenvalue weighted by atomic mass is 16.6. The van der Waals surface area contributed by atoms with Crippen molar-refractivity contribution in [2.24, 2.45) is 0 Å². The first-order chi connectivity index (χ1) is 22.6. The third-order valence-corrected chi connectivity index (χ3v) is 8.36. The summed E-state index contributed by atoms with van der Waals surface area (Å²) < 4.78 is 0. The number of hydrogen-bond donors (Lipinski definition) is 3. The van der Waals surface area contributed by atoms with E-state index in [0.29, 0.717) is 0 Å². The van der Waals surface area contributed by atoms with Crippen molar-refractivity contribution in [2.75, 3.05) is 0 Å². The monoisotopic (exact) mass is 598 g/mol. The van der Waals surface area contributed by atoms with E-state index in [4.69, 9.17) is 4.98 Å². The molecule has 0 saturated heterocycles. The minimum absolute atomic E-state index is 0.0586. The smallest absolute Gasteiger partial charge is 0.269 e. The molecule has 0 saturated carbocycles. The number of benzene rings is 4. The molecule has 1 aliphatic rings. The number of non-ortho nitro benzene ring substituents is 1. The van der Waals surface area contributed by atoms with Gasteiger partial charge in [-0.3, -0.25) is 15.4 Å². The van der Waals surface area contributed by atoms with Crippen molar-refractivity contribution in [1.82, 2.24) is 15.0 Å². The molecule has 4 aromatic carbocycles. The number of nitrogens with one attached hydrogen (secondary N) is 2. The summed E-state index contributed by atoms with van der Waals surface area (Å²) in [6, 6.07) is 44.1. The molecule has 0 spiro atoms. The van der Waals surface area contributed by atoms with E-state index < -0.39 is 0 Å². The molecular formula is C39H28N5O2+. The van der Waals surface area contributed by atoms with Crippen molar-refractivity contribution < 1.29 is 10.2 Å². The maximum Gasteiger partial charge on any atom is 0.269 e. The van der Waals surface area contributed by atoms with Crippen LogP contribution in [0.25, 0.3) is 67.6 Å². The van der Waals surface area contributed by atoms with Crippen LogP contribution in [0.1, 0.15) is 11.4 Å². The van der Waals surface area contributed by atoms with Gasteiger partial charge in [-0.15, -0.1) is 0 Å². The van der Waals surface area contributed by atoms with Crippen LogP contribution < -0.4 is 5.32 Å². The molecule has 4 N–H and O–H groups in total. The second-order valence-electron chi connectivity index (χ2n) is 11.2. The topological polar surface area (TPSA) is 104 Å². The molecular weight excluding hydrogens is 570 g/mol. The molecule has 4 heterocycles. The van der Waals surface area contributed by atoms with E-state index in [2.05, 4.69) is 94.2 Å². The number of hydrogen-bond acceptors (Lipinski definition) is 3. The molecule has 7 aromatic rings. The number of nitro benzene ring substituents is 1. The first-order valence-electron chi connectivity index (χ1n) is 15.1. The molecule has 8 rings (SSSR count). The molecule has 0 unspecified atom stereocenters. The Balaban J connectivity index is 1.52. The molecule has 6 bridgehead atoms. The van der Waals surface area contributed by atoms with Gasteiger partial charge in [0.2, 0.25) is 0 Å². The van der Waals surface area contributed by atoms with Gasteiger partial charge in [0.25, 0.3) is 5.69 Å². The van der Waals surface area contributed by atoms with Crippen LogP contribution in [0.4, 0.5) is 17.1 Å². The van der Waals surface area contributed by atoms with E-state index in [1.165, 1.54) is 12.1 Å². The number of nitro groups is 1. The average molecular weight is 599 g/mol. The zero-order valence-electron chi connectivity index (χ0n) is 24.6. The molecule has 0 radical (unpaired) electrons. The van der Waals surface area contributed by atoms with Crippen LogP contribution in [0, 0.1) is 10.1 Å². The van der Waals surface area contributed by atoms with Gasteiger partial charge in [-0.25, -0.2) is 4.98 Å². The minimum Gasteiger partial charge on any atom is -0.354 e. The van der Waals surface area contributed by atoms with Crippen molar-refractivity contribution in [1.29, 1.82) is 0 Å². The highest BCUT2D eigenvalue weighted by molar-refractivity contribution is 6.02. The lowest BCUT2D eigenvalue weighted by Crippen LogP contribution is -2.70. The van der Waals surface area contributed by atoms with Crippen molar-refractivity contribution in [2.45, 2.75) is 0 Å². The van der Waals surface area contributed by atoms with Crippen LogP contribution in [0.5, 0.6) is 0 Å². The van der Waals surface area contributed by atoms with Gasteiger partial charge in [0.05, 0.1) is 21.8 Å². The number of aromatic amines is 2. The fourth-order valence-electron chi connectivity index (χ4n) is 6.26. The summed E-state index contributed by atoms with van der Waals surface area (Å²) in [5, 5.41) is 13.4. The van der Waals surface area contributed by atoms with Gasteiger partial charge in [-0.2, -0.15) is 0 Å². The Morgan fingerprint density at radius 3 is 1.67 bits per heavy atom. The van der Waals surface area contributed by atoms with Gasteiger partial charge in [0, 0.05) is 58.1 Å². The first kappa shape index (κ1) is 27.3. The SMILES string of the molecule is O=[N+]([O-])c1ccc([NH2+]c2cc3[nH]c2c(-c2ccccc2)c2nc(c(-c4ccccc4)c4ccc([nH]4)c3-c3ccccc3)C=C2)cc1. The van der Waals surface area contributed by atoms with E-state index in [9.17, 15) is 10.1 Å². The third-order valence-electron chi connectivity index (χ3n) is 8.36. The van der Waals surface area contributed by atoms with Gasteiger partial charge >= 0.3 is 0 Å². The van der Waals surface area contributed by atoms with Gasteiger partial charge in [-0.05, 0) is 41.0 Å². The Labute approximate surface area is 264 Å². The van der Waals surface area contributed by atoms with Crippen LogP contribution in [-0.4, -0.2) is 19.9 Å². The van der Waals surface area contributed by atoms with Gasteiger partial charge in [0.15, 0.2) is 5.69 Å². The zero-order chi connectivity index (χ0) is 31.0. The van der Waals surface area contributed by atoms with E-state index in [0.717, 1.165) is 78.2 Å². The quantitative estimate of drug-likeness (QED) is 0.101. The normalized spacial score (nSPS) is 11.7. The van der Waals surface area contributed by atoms with Gasteiger partial charge < -0.3 is 9.97 Å². The molecule has 1 aliphatic heterocycles. The summed E-state index contributed by atoms with van der Waals surface area (Å²) in [6.45, 7) is 0. The van der Waals surface area contributed by atoms with Crippen LogP contribution in [0.15, 0.2) is 133 Å². The number of quaternary nitrogens is 1. The predicted molar refractivity (Wildman–Crippen MR) is 185 cm³/mol. The van der Waals surface area contributed by atoms with Gasteiger partial charge in [-0.1, -0.05) is 91.0 Å². The average Bonchev–Trinajstić information content (AvgIpc) is 3.85. The number of rotatable bonds is 6. The molecule has 46 heavy (non-hydrogen) atoms. The summed E-state index contributed by atoms with van der Waals surface area (Å²) >= 11 is 0. The summed E-state index contributed by atoms with van der Waals surface area (Å²) in [7, 11) is 0.